The molecular formula is C20H27N3O3S. The van der Waals surface area contributed by atoms with Gasteiger partial charge in [0.25, 0.3) is 0 Å². The van der Waals surface area contributed by atoms with E-state index in [4.69, 9.17) is 9.47 Å². The largest absolute Gasteiger partial charge is 0.494 e. The van der Waals surface area contributed by atoms with E-state index in [1.807, 2.05) is 31.4 Å². The standard InChI is InChI=1S/C20H27N3O3S/c1-5-7-8-26-17-9-14(3)18(15(4)10-17)12-21-23-20-22-16(13-27-20)11-19(24)25-6-2/h9-10,12-13H,5-8,11H2,1-4H3,(H,22,23). The van der Waals surface area contributed by atoms with Crippen molar-refractivity contribution in [2.45, 2.75) is 47.0 Å². The zero-order valence-electron chi connectivity index (χ0n) is 16.4. The van der Waals surface area contributed by atoms with E-state index >= 15 is 0 Å². The van der Waals surface area contributed by atoms with Crippen molar-refractivity contribution in [3.63, 3.8) is 0 Å². The van der Waals surface area contributed by atoms with E-state index in [9.17, 15) is 4.79 Å². The van der Waals surface area contributed by atoms with Gasteiger partial charge in [-0.05, 0) is 50.5 Å². The number of aromatic nitrogens is 1. The van der Waals surface area contributed by atoms with Crippen LogP contribution in [0.2, 0.25) is 0 Å². The SMILES string of the molecule is CCCCOc1cc(C)c(C=NNc2nc(CC(=O)OCC)cs2)c(C)c1. The molecule has 0 spiro atoms. The Bertz CT molecular complexity index is 764. The number of unbranched alkanes of at least 4 members (excludes halogenated alkanes) is 1. The fourth-order valence-corrected chi connectivity index (χ4v) is 3.17. The molecule has 0 fully saturated rings. The second kappa shape index (κ2) is 10.7. The van der Waals surface area contributed by atoms with Crippen LogP contribution in [0.3, 0.4) is 0 Å². The fourth-order valence-electron chi connectivity index (χ4n) is 2.51. The van der Waals surface area contributed by atoms with Crippen LogP contribution in [0.25, 0.3) is 0 Å². The van der Waals surface area contributed by atoms with Crippen LogP contribution in [0.1, 0.15) is 49.1 Å². The van der Waals surface area contributed by atoms with Crippen LogP contribution in [0, 0.1) is 13.8 Å². The molecule has 0 saturated heterocycles. The number of rotatable bonds is 10. The van der Waals surface area contributed by atoms with Crippen LogP contribution in [-0.4, -0.2) is 30.4 Å². The number of nitrogens with one attached hydrogen (secondary N) is 1. The van der Waals surface area contributed by atoms with Crippen molar-refractivity contribution in [1.29, 1.82) is 0 Å². The number of ether oxygens (including phenoxy) is 2. The van der Waals surface area contributed by atoms with Crippen LogP contribution in [-0.2, 0) is 16.0 Å². The summed E-state index contributed by atoms with van der Waals surface area (Å²) >= 11 is 1.40. The predicted octanol–water partition coefficient (Wildman–Crippen LogP) is 4.49. The van der Waals surface area contributed by atoms with Crippen molar-refractivity contribution < 1.29 is 14.3 Å². The zero-order valence-corrected chi connectivity index (χ0v) is 17.2. The molecule has 27 heavy (non-hydrogen) atoms. The summed E-state index contributed by atoms with van der Waals surface area (Å²) in [7, 11) is 0. The molecule has 2 rings (SSSR count). The molecule has 146 valence electrons. The average Bonchev–Trinajstić information content (AvgIpc) is 3.05. The molecule has 6 nitrogen and oxygen atoms in total. The Morgan fingerprint density at radius 1 is 1.30 bits per heavy atom. The lowest BCUT2D eigenvalue weighted by Crippen LogP contribution is -2.07. The maximum atomic E-state index is 11.5. The number of aryl methyl sites for hydroxylation is 2. The topological polar surface area (TPSA) is 72.8 Å². The lowest BCUT2D eigenvalue weighted by molar-refractivity contribution is -0.142. The Morgan fingerprint density at radius 2 is 2.04 bits per heavy atom. The molecule has 1 aromatic carbocycles. The summed E-state index contributed by atoms with van der Waals surface area (Å²) in [5.41, 5.74) is 6.86. The molecule has 7 heteroatoms. The van der Waals surface area contributed by atoms with Gasteiger partial charge in [-0.3, -0.25) is 10.2 Å². The molecule has 0 unspecified atom stereocenters. The van der Waals surface area contributed by atoms with Gasteiger partial charge in [-0.2, -0.15) is 5.10 Å². The molecule has 0 aliphatic rings. The molecule has 0 aliphatic heterocycles. The maximum absolute atomic E-state index is 11.5. The minimum Gasteiger partial charge on any atom is -0.494 e. The molecule has 0 saturated carbocycles. The van der Waals surface area contributed by atoms with E-state index in [1.165, 1.54) is 11.3 Å². The van der Waals surface area contributed by atoms with Crippen LogP contribution in [0.15, 0.2) is 22.6 Å². The summed E-state index contributed by atoms with van der Waals surface area (Å²) in [6.07, 6.45) is 4.13. The second-order valence-corrected chi connectivity index (χ2v) is 7.03. The van der Waals surface area contributed by atoms with Gasteiger partial charge in [-0.1, -0.05) is 13.3 Å². The highest BCUT2D eigenvalue weighted by Gasteiger charge is 2.08. The Morgan fingerprint density at radius 3 is 2.70 bits per heavy atom. The number of anilines is 1. The van der Waals surface area contributed by atoms with Gasteiger partial charge in [0, 0.05) is 10.9 Å². The van der Waals surface area contributed by atoms with E-state index in [-0.39, 0.29) is 12.4 Å². The van der Waals surface area contributed by atoms with Crippen molar-refractivity contribution in [3.05, 3.63) is 39.9 Å². The van der Waals surface area contributed by atoms with Crippen molar-refractivity contribution in [2.24, 2.45) is 5.10 Å². The quantitative estimate of drug-likeness (QED) is 0.280. The number of esters is 1. The smallest absolute Gasteiger partial charge is 0.311 e. The number of hydrogen-bond donors (Lipinski definition) is 1. The molecule has 0 radical (unpaired) electrons. The number of hydrogen-bond acceptors (Lipinski definition) is 7. The Kier molecular flexibility index (Phi) is 8.26. The third kappa shape index (κ3) is 6.67. The molecule has 0 bridgehead atoms. The van der Waals surface area contributed by atoms with Crippen molar-refractivity contribution in [2.75, 3.05) is 18.6 Å². The molecular weight excluding hydrogens is 362 g/mol. The molecule has 0 amide bonds. The third-order valence-corrected chi connectivity index (χ3v) is 4.67. The monoisotopic (exact) mass is 389 g/mol. The van der Waals surface area contributed by atoms with Crippen molar-refractivity contribution in [1.82, 2.24) is 4.98 Å². The Hall–Kier alpha value is -2.41. The van der Waals surface area contributed by atoms with Crippen molar-refractivity contribution >= 4 is 28.7 Å². The van der Waals surface area contributed by atoms with Gasteiger partial charge in [0.05, 0.1) is 31.5 Å². The van der Waals surface area contributed by atoms with Gasteiger partial charge in [0.1, 0.15) is 5.75 Å². The number of benzene rings is 1. The van der Waals surface area contributed by atoms with Gasteiger partial charge < -0.3 is 9.47 Å². The second-order valence-electron chi connectivity index (χ2n) is 6.17. The minimum absolute atomic E-state index is 0.174. The number of carbonyl (C=O) groups excluding carboxylic acids is 1. The normalized spacial score (nSPS) is 11.0. The zero-order chi connectivity index (χ0) is 19.6. The predicted molar refractivity (Wildman–Crippen MR) is 110 cm³/mol. The highest BCUT2D eigenvalue weighted by Crippen LogP contribution is 2.21. The highest BCUT2D eigenvalue weighted by molar-refractivity contribution is 7.13. The minimum atomic E-state index is -0.273. The van der Waals surface area contributed by atoms with Crippen molar-refractivity contribution in [3.8, 4) is 5.75 Å². The van der Waals surface area contributed by atoms with Gasteiger partial charge in [-0.15, -0.1) is 11.3 Å². The van der Waals surface area contributed by atoms with E-state index < -0.39 is 0 Å². The summed E-state index contributed by atoms with van der Waals surface area (Å²) in [6, 6.07) is 4.07. The number of nitrogens with zero attached hydrogens (tertiary/aromatic N) is 2. The van der Waals surface area contributed by atoms with E-state index in [2.05, 4.69) is 22.4 Å². The lowest BCUT2D eigenvalue weighted by Gasteiger charge is -2.10. The Balaban J connectivity index is 1.96. The van der Waals surface area contributed by atoms with E-state index in [1.54, 1.807) is 13.1 Å². The molecule has 0 aliphatic carbocycles. The molecule has 1 aromatic heterocycles. The number of hydrazone groups is 1. The van der Waals surface area contributed by atoms with Gasteiger partial charge in [0.2, 0.25) is 5.13 Å². The van der Waals surface area contributed by atoms with E-state index in [0.29, 0.717) is 17.4 Å². The Labute approximate surface area is 164 Å². The summed E-state index contributed by atoms with van der Waals surface area (Å²) < 4.78 is 10.7. The first kappa shape index (κ1) is 20.9. The van der Waals surface area contributed by atoms with Gasteiger partial charge >= 0.3 is 5.97 Å². The summed E-state index contributed by atoms with van der Waals surface area (Å²) in [5, 5.41) is 6.75. The first-order chi connectivity index (χ1) is 13.0. The van der Waals surface area contributed by atoms with Crippen LogP contribution in [0.4, 0.5) is 5.13 Å². The number of thiazole rings is 1. The number of carbonyl (C=O) groups is 1. The first-order valence-electron chi connectivity index (χ1n) is 9.16. The third-order valence-electron chi connectivity index (χ3n) is 3.87. The average molecular weight is 390 g/mol. The van der Waals surface area contributed by atoms with Crippen LogP contribution < -0.4 is 10.2 Å². The van der Waals surface area contributed by atoms with Gasteiger partial charge in [-0.25, -0.2) is 4.98 Å². The summed E-state index contributed by atoms with van der Waals surface area (Å²) in [6.45, 7) is 9.13. The fraction of sp³-hybridized carbons (Fsp3) is 0.450. The summed E-state index contributed by atoms with van der Waals surface area (Å²) in [4.78, 5) is 15.8. The summed E-state index contributed by atoms with van der Waals surface area (Å²) in [5.74, 6) is 0.623. The van der Waals surface area contributed by atoms with E-state index in [0.717, 1.165) is 41.9 Å². The first-order valence-corrected chi connectivity index (χ1v) is 10.0. The highest BCUT2D eigenvalue weighted by atomic mass is 32.1. The molecule has 2 aromatic rings. The molecule has 0 atom stereocenters. The molecule has 1 heterocycles. The van der Waals surface area contributed by atoms with Crippen LogP contribution in [0.5, 0.6) is 5.75 Å². The van der Waals surface area contributed by atoms with Crippen LogP contribution >= 0.6 is 11.3 Å². The maximum Gasteiger partial charge on any atom is 0.311 e. The lowest BCUT2D eigenvalue weighted by atomic mass is 10.0. The van der Waals surface area contributed by atoms with Gasteiger partial charge in [0.15, 0.2) is 0 Å². The molecule has 1 N–H and O–H groups in total.